The number of cyclic esters (lactones) is 1. The van der Waals surface area contributed by atoms with Crippen molar-refractivity contribution in [1.82, 2.24) is 0 Å². The van der Waals surface area contributed by atoms with E-state index >= 15 is 0 Å². The van der Waals surface area contributed by atoms with Gasteiger partial charge in [0, 0.05) is 6.42 Å². The van der Waals surface area contributed by atoms with E-state index in [1.54, 1.807) is 30.3 Å². The van der Waals surface area contributed by atoms with Gasteiger partial charge < -0.3 is 9.84 Å². The molecule has 1 aliphatic rings. The Balaban J connectivity index is 1.89. The van der Waals surface area contributed by atoms with E-state index in [9.17, 15) is 18.7 Å². The molecule has 0 spiro atoms. The molecule has 1 fully saturated rings. The first kappa shape index (κ1) is 21.7. The Labute approximate surface area is 185 Å². The van der Waals surface area contributed by atoms with Crippen LogP contribution in [-0.4, -0.2) is 23.3 Å². The van der Waals surface area contributed by atoms with Crippen LogP contribution in [0.4, 0.5) is 8.78 Å². The van der Waals surface area contributed by atoms with Crippen LogP contribution < -0.4 is 0 Å². The Hall–Kier alpha value is -3.57. The normalized spacial score (nSPS) is 18.4. The summed E-state index contributed by atoms with van der Waals surface area (Å²) in [4.78, 5) is 11.7. The molecular weight excluding hydrogens is 410 g/mol. The molecule has 32 heavy (non-hydrogen) atoms. The van der Waals surface area contributed by atoms with Crippen LogP contribution in [0.15, 0.2) is 91.0 Å². The zero-order valence-electron chi connectivity index (χ0n) is 17.2. The molecule has 0 aromatic heterocycles. The van der Waals surface area contributed by atoms with Crippen molar-refractivity contribution in [3.8, 4) is 0 Å². The maximum absolute atomic E-state index is 13.6. The van der Waals surface area contributed by atoms with Gasteiger partial charge in [0.2, 0.25) is 0 Å². The minimum absolute atomic E-state index is 0.0118. The van der Waals surface area contributed by atoms with Gasteiger partial charge in [0.25, 0.3) is 0 Å². The van der Waals surface area contributed by atoms with Crippen molar-refractivity contribution in [2.45, 2.75) is 25.0 Å². The van der Waals surface area contributed by atoms with Crippen LogP contribution in [-0.2, 0) is 9.53 Å². The summed E-state index contributed by atoms with van der Waals surface area (Å²) in [6.45, 7) is 0. The third-order valence-corrected chi connectivity index (χ3v) is 5.29. The number of allylic oxidation sites excluding steroid dienone is 2. The molecule has 162 valence electrons. The van der Waals surface area contributed by atoms with Gasteiger partial charge in [0.1, 0.15) is 17.7 Å². The second-order valence-electron chi connectivity index (χ2n) is 7.65. The lowest BCUT2D eigenvalue weighted by atomic mass is 9.88. The van der Waals surface area contributed by atoms with Gasteiger partial charge in [-0.05, 0) is 58.2 Å². The molecule has 1 saturated heterocycles. The molecule has 4 rings (SSSR count). The van der Waals surface area contributed by atoms with Gasteiger partial charge in [-0.3, -0.25) is 4.79 Å². The highest BCUT2D eigenvalue weighted by molar-refractivity contribution is 6.02. The molecule has 3 nitrogen and oxygen atoms in total. The van der Waals surface area contributed by atoms with E-state index in [0.717, 1.165) is 27.8 Å². The Bertz CT molecular complexity index is 1090. The van der Waals surface area contributed by atoms with Crippen molar-refractivity contribution in [3.05, 3.63) is 119 Å². The first-order valence-corrected chi connectivity index (χ1v) is 10.4. The zero-order chi connectivity index (χ0) is 22.5. The Kier molecular flexibility index (Phi) is 6.57. The van der Waals surface area contributed by atoms with E-state index in [4.69, 9.17) is 4.74 Å². The number of ether oxygens (including phenoxy) is 1. The quantitative estimate of drug-likeness (QED) is 0.327. The highest BCUT2D eigenvalue weighted by atomic mass is 19.1. The number of hydrogen-bond donors (Lipinski definition) is 1. The van der Waals surface area contributed by atoms with Crippen LogP contribution in [0, 0.1) is 11.6 Å². The van der Waals surface area contributed by atoms with E-state index in [1.165, 1.54) is 24.3 Å². The summed E-state index contributed by atoms with van der Waals surface area (Å²) < 4.78 is 32.6. The third kappa shape index (κ3) is 5.18. The zero-order valence-corrected chi connectivity index (χ0v) is 17.2. The van der Waals surface area contributed by atoms with Crippen LogP contribution in [0.1, 0.15) is 29.5 Å². The van der Waals surface area contributed by atoms with E-state index in [-0.39, 0.29) is 18.1 Å². The number of hydrogen-bond acceptors (Lipinski definition) is 3. The smallest absolute Gasteiger partial charge is 0.309 e. The summed E-state index contributed by atoms with van der Waals surface area (Å²) >= 11 is 0. The summed E-state index contributed by atoms with van der Waals surface area (Å²) in [5.74, 6) is -1.15. The van der Waals surface area contributed by atoms with E-state index in [0.29, 0.717) is 6.42 Å². The lowest BCUT2D eigenvalue weighted by molar-refractivity contribution is -0.156. The topological polar surface area (TPSA) is 46.5 Å². The van der Waals surface area contributed by atoms with Gasteiger partial charge in [-0.2, -0.15) is 0 Å². The van der Waals surface area contributed by atoms with Crippen LogP contribution in [0.3, 0.4) is 0 Å². The predicted octanol–water partition coefficient (Wildman–Crippen LogP) is 5.55. The van der Waals surface area contributed by atoms with Gasteiger partial charge >= 0.3 is 5.97 Å². The lowest BCUT2D eigenvalue weighted by Gasteiger charge is -2.24. The Morgan fingerprint density at radius 1 is 0.844 bits per heavy atom. The first-order valence-electron chi connectivity index (χ1n) is 10.4. The number of benzene rings is 3. The van der Waals surface area contributed by atoms with Crippen molar-refractivity contribution in [2.24, 2.45) is 0 Å². The van der Waals surface area contributed by atoms with Crippen LogP contribution >= 0.6 is 0 Å². The SMILES string of the molecule is O=C1C[C@H](O)C[C@@H](/C=C/C(=C(c2ccc(F)cc2)c2ccc(F)cc2)c2ccccc2)O1. The molecule has 0 radical (unpaired) electrons. The van der Waals surface area contributed by atoms with Crippen LogP contribution in [0.2, 0.25) is 0 Å². The molecule has 1 heterocycles. The molecule has 0 aliphatic carbocycles. The van der Waals surface area contributed by atoms with E-state index < -0.39 is 18.2 Å². The fraction of sp³-hybridized carbons (Fsp3) is 0.148. The molecule has 0 bridgehead atoms. The Morgan fingerprint density at radius 2 is 1.41 bits per heavy atom. The van der Waals surface area contributed by atoms with Gasteiger partial charge in [0.15, 0.2) is 0 Å². The summed E-state index contributed by atoms with van der Waals surface area (Å²) in [6, 6.07) is 21.8. The first-order chi connectivity index (χ1) is 15.5. The third-order valence-electron chi connectivity index (χ3n) is 5.29. The number of rotatable bonds is 5. The molecule has 3 aromatic rings. The summed E-state index contributed by atoms with van der Waals surface area (Å²) in [7, 11) is 0. The second kappa shape index (κ2) is 9.71. The standard InChI is InChI=1S/C27H22F2O3/c28-21-10-6-19(7-11-21)27(20-8-12-22(29)13-9-20)25(18-4-2-1-3-5-18)15-14-24-16-23(30)17-26(31)32-24/h1-15,23-24,30H,16-17H2/b15-14+/t23-,24-/m1/s1. The average Bonchev–Trinajstić information content (AvgIpc) is 2.78. The number of carbonyl (C=O) groups excluding carboxylic acids is 1. The minimum Gasteiger partial charge on any atom is -0.458 e. The maximum Gasteiger partial charge on any atom is 0.309 e. The number of aliphatic hydroxyl groups is 1. The molecule has 3 aromatic carbocycles. The molecular formula is C27H22F2O3. The average molecular weight is 432 g/mol. The highest BCUT2D eigenvalue weighted by Crippen LogP contribution is 2.34. The monoisotopic (exact) mass is 432 g/mol. The van der Waals surface area contributed by atoms with Crippen molar-refractivity contribution in [2.75, 3.05) is 0 Å². The fourth-order valence-electron chi connectivity index (χ4n) is 3.78. The van der Waals surface area contributed by atoms with Crippen molar-refractivity contribution < 1.29 is 23.4 Å². The molecule has 2 atom stereocenters. The molecule has 1 aliphatic heterocycles. The van der Waals surface area contributed by atoms with Gasteiger partial charge in [-0.1, -0.05) is 60.7 Å². The van der Waals surface area contributed by atoms with Crippen LogP contribution in [0.25, 0.3) is 11.1 Å². The Morgan fingerprint density at radius 3 is 1.94 bits per heavy atom. The van der Waals surface area contributed by atoms with E-state index in [2.05, 4.69) is 0 Å². The lowest BCUT2D eigenvalue weighted by Crippen LogP contribution is -2.31. The molecule has 0 amide bonds. The number of halogens is 2. The maximum atomic E-state index is 13.6. The van der Waals surface area contributed by atoms with Gasteiger partial charge in [0.05, 0.1) is 12.5 Å². The number of esters is 1. The second-order valence-corrected chi connectivity index (χ2v) is 7.65. The van der Waals surface area contributed by atoms with Gasteiger partial charge in [-0.25, -0.2) is 8.78 Å². The summed E-state index contributed by atoms with van der Waals surface area (Å²) in [5, 5.41) is 9.93. The largest absolute Gasteiger partial charge is 0.458 e. The fourth-order valence-corrected chi connectivity index (χ4v) is 3.78. The van der Waals surface area contributed by atoms with Crippen LogP contribution in [0.5, 0.6) is 0 Å². The number of carbonyl (C=O) groups is 1. The number of aliphatic hydroxyl groups excluding tert-OH is 1. The predicted molar refractivity (Wildman–Crippen MR) is 119 cm³/mol. The summed E-state index contributed by atoms with van der Waals surface area (Å²) in [5.41, 5.74) is 3.95. The van der Waals surface area contributed by atoms with Crippen molar-refractivity contribution in [3.63, 3.8) is 0 Å². The van der Waals surface area contributed by atoms with Gasteiger partial charge in [-0.15, -0.1) is 0 Å². The molecule has 0 saturated carbocycles. The summed E-state index contributed by atoms with van der Waals surface area (Å²) in [6.07, 6.45) is 2.58. The molecule has 1 N–H and O–H groups in total. The minimum atomic E-state index is -0.747. The van der Waals surface area contributed by atoms with Crippen molar-refractivity contribution >= 4 is 17.1 Å². The van der Waals surface area contributed by atoms with E-state index in [1.807, 2.05) is 36.4 Å². The molecule has 0 unspecified atom stereocenters. The highest BCUT2D eigenvalue weighted by Gasteiger charge is 2.25. The van der Waals surface area contributed by atoms with Crippen molar-refractivity contribution in [1.29, 1.82) is 0 Å². The molecule has 5 heteroatoms.